The van der Waals surface area contributed by atoms with Crippen molar-refractivity contribution in [3.05, 3.63) is 29.3 Å². The molecule has 23 heavy (non-hydrogen) atoms. The lowest BCUT2D eigenvalue weighted by molar-refractivity contribution is 0.0253. The minimum Gasteiger partial charge on any atom is -0.508 e. The Morgan fingerprint density at radius 3 is 2.87 bits per heavy atom. The van der Waals surface area contributed by atoms with Gasteiger partial charge in [-0.2, -0.15) is 0 Å². The number of phenols is 1. The fourth-order valence-corrected chi connectivity index (χ4v) is 6.60. The van der Waals surface area contributed by atoms with Gasteiger partial charge < -0.3 is 5.11 Å². The lowest BCUT2D eigenvalue weighted by Gasteiger charge is -2.51. The highest BCUT2D eigenvalue weighted by Gasteiger charge is 2.54. The molecular formula is C22H32O. The van der Waals surface area contributed by atoms with Gasteiger partial charge in [-0.15, -0.1) is 0 Å². The maximum Gasteiger partial charge on any atom is 0.115 e. The molecule has 5 atom stereocenters. The van der Waals surface area contributed by atoms with Crippen LogP contribution in [-0.4, -0.2) is 5.11 Å². The SMILES string of the molecule is CCCCC1CCC2C3CCc4cc(O)ccc4C3CCC12C. The molecule has 0 amide bonds. The first-order valence-electron chi connectivity index (χ1n) is 9.95. The van der Waals surface area contributed by atoms with Gasteiger partial charge in [-0.25, -0.2) is 0 Å². The van der Waals surface area contributed by atoms with Crippen molar-refractivity contribution in [3.8, 4) is 5.75 Å². The number of phenolic OH excluding ortho intramolecular Hbond substituents is 1. The monoisotopic (exact) mass is 312 g/mol. The van der Waals surface area contributed by atoms with E-state index in [1.165, 1.54) is 63.4 Å². The third kappa shape index (κ3) is 2.42. The predicted molar refractivity (Wildman–Crippen MR) is 95.7 cm³/mol. The molecular weight excluding hydrogens is 280 g/mol. The Morgan fingerprint density at radius 2 is 2.04 bits per heavy atom. The van der Waals surface area contributed by atoms with E-state index in [0.717, 1.165) is 23.7 Å². The quantitative estimate of drug-likeness (QED) is 0.719. The van der Waals surface area contributed by atoms with Gasteiger partial charge in [-0.1, -0.05) is 32.8 Å². The van der Waals surface area contributed by atoms with Crippen LogP contribution >= 0.6 is 0 Å². The average molecular weight is 312 g/mol. The molecule has 0 bridgehead atoms. The van der Waals surface area contributed by atoms with E-state index < -0.39 is 0 Å². The molecule has 1 aromatic carbocycles. The van der Waals surface area contributed by atoms with Gasteiger partial charge in [0, 0.05) is 0 Å². The molecule has 3 aliphatic rings. The molecule has 2 saturated carbocycles. The number of hydrogen-bond acceptors (Lipinski definition) is 1. The zero-order valence-corrected chi connectivity index (χ0v) is 14.9. The van der Waals surface area contributed by atoms with Crippen LogP contribution in [0.2, 0.25) is 0 Å². The largest absolute Gasteiger partial charge is 0.508 e. The fourth-order valence-electron chi connectivity index (χ4n) is 6.60. The van der Waals surface area contributed by atoms with Crippen molar-refractivity contribution in [1.82, 2.24) is 0 Å². The van der Waals surface area contributed by atoms with Crippen molar-refractivity contribution in [1.29, 1.82) is 0 Å². The summed E-state index contributed by atoms with van der Waals surface area (Å²) in [4.78, 5) is 0. The van der Waals surface area contributed by atoms with Crippen LogP contribution in [0.3, 0.4) is 0 Å². The van der Waals surface area contributed by atoms with Crippen LogP contribution in [0, 0.1) is 23.2 Å². The lowest BCUT2D eigenvalue weighted by Crippen LogP contribution is -2.42. The van der Waals surface area contributed by atoms with Crippen LogP contribution < -0.4 is 0 Å². The van der Waals surface area contributed by atoms with Crippen molar-refractivity contribution in [2.75, 3.05) is 0 Å². The van der Waals surface area contributed by atoms with Crippen LogP contribution in [0.25, 0.3) is 0 Å². The minimum absolute atomic E-state index is 0.448. The normalized spacial score (nSPS) is 38.7. The van der Waals surface area contributed by atoms with Gasteiger partial charge in [0.15, 0.2) is 0 Å². The van der Waals surface area contributed by atoms with Crippen LogP contribution in [0.15, 0.2) is 18.2 Å². The molecule has 0 spiro atoms. The third-order valence-electron chi connectivity index (χ3n) is 7.81. The standard InChI is InChI=1S/C22H32O/c1-3-4-5-16-7-11-21-20-9-6-15-14-17(23)8-10-18(15)19(20)12-13-22(16,21)2/h8,10,14,16,19-21,23H,3-7,9,11-13H2,1-2H3. The van der Waals surface area contributed by atoms with Gasteiger partial charge >= 0.3 is 0 Å². The number of aryl methyl sites for hydroxylation is 1. The summed E-state index contributed by atoms with van der Waals surface area (Å²) in [5.74, 6) is 4.04. The van der Waals surface area contributed by atoms with Crippen LogP contribution in [0.5, 0.6) is 5.75 Å². The summed E-state index contributed by atoms with van der Waals surface area (Å²) in [6, 6.07) is 6.17. The summed E-state index contributed by atoms with van der Waals surface area (Å²) in [6.45, 7) is 4.96. The second-order valence-electron chi connectivity index (χ2n) is 8.76. The Labute approximate surface area is 141 Å². The van der Waals surface area contributed by atoms with Gasteiger partial charge in [0.25, 0.3) is 0 Å². The molecule has 1 N–H and O–H groups in total. The summed E-state index contributed by atoms with van der Waals surface area (Å²) >= 11 is 0. The number of aromatic hydroxyl groups is 1. The van der Waals surface area contributed by atoms with E-state index in [2.05, 4.69) is 19.9 Å². The lowest BCUT2D eigenvalue weighted by atomic mass is 9.54. The number of fused-ring (bicyclic) bond motifs is 5. The summed E-state index contributed by atoms with van der Waals surface area (Å²) in [7, 11) is 0. The number of hydrogen-bond donors (Lipinski definition) is 1. The Bertz CT molecular complexity index is 577. The van der Waals surface area contributed by atoms with E-state index in [-0.39, 0.29) is 0 Å². The van der Waals surface area contributed by atoms with E-state index >= 15 is 0 Å². The highest BCUT2D eigenvalue weighted by atomic mass is 16.3. The van der Waals surface area contributed by atoms with Gasteiger partial charge in [0.1, 0.15) is 5.75 Å². The Morgan fingerprint density at radius 1 is 1.17 bits per heavy atom. The summed E-state index contributed by atoms with van der Waals surface area (Å²) in [5.41, 5.74) is 3.61. The third-order valence-corrected chi connectivity index (χ3v) is 7.81. The molecule has 1 aromatic rings. The first-order chi connectivity index (χ1) is 11.1. The molecule has 0 aromatic heterocycles. The minimum atomic E-state index is 0.448. The highest BCUT2D eigenvalue weighted by Crippen LogP contribution is 2.63. The van der Waals surface area contributed by atoms with E-state index in [1.54, 1.807) is 5.56 Å². The Balaban J connectivity index is 1.59. The van der Waals surface area contributed by atoms with Crippen molar-refractivity contribution >= 4 is 0 Å². The molecule has 126 valence electrons. The maximum atomic E-state index is 9.79. The van der Waals surface area contributed by atoms with Gasteiger partial charge in [-0.05, 0) is 97.3 Å². The van der Waals surface area contributed by atoms with E-state index in [9.17, 15) is 5.11 Å². The molecule has 4 rings (SSSR count). The smallest absolute Gasteiger partial charge is 0.115 e. The summed E-state index contributed by atoms with van der Waals surface area (Å²) in [5, 5.41) is 9.79. The molecule has 0 heterocycles. The van der Waals surface area contributed by atoms with Gasteiger partial charge in [-0.3, -0.25) is 0 Å². The van der Waals surface area contributed by atoms with Crippen molar-refractivity contribution in [2.24, 2.45) is 23.2 Å². The molecule has 5 unspecified atom stereocenters. The predicted octanol–water partition coefficient (Wildman–Crippen LogP) is 6.05. The number of unbranched alkanes of at least 4 members (excludes halogenated alkanes) is 1. The zero-order valence-electron chi connectivity index (χ0n) is 14.9. The average Bonchev–Trinajstić information content (AvgIpc) is 2.89. The molecule has 0 radical (unpaired) electrons. The topological polar surface area (TPSA) is 20.2 Å². The fraction of sp³-hybridized carbons (Fsp3) is 0.727. The molecule has 0 saturated heterocycles. The highest BCUT2D eigenvalue weighted by molar-refractivity contribution is 5.40. The van der Waals surface area contributed by atoms with Gasteiger partial charge in [0.2, 0.25) is 0 Å². The second kappa shape index (κ2) is 5.83. The van der Waals surface area contributed by atoms with Crippen molar-refractivity contribution < 1.29 is 5.11 Å². The molecule has 2 fully saturated rings. The molecule has 3 aliphatic carbocycles. The van der Waals surface area contributed by atoms with E-state index in [0.29, 0.717) is 11.2 Å². The van der Waals surface area contributed by atoms with Crippen LogP contribution in [0.4, 0.5) is 0 Å². The summed E-state index contributed by atoms with van der Waals surface area (Å²) in [6.07, 6.45) is 12.5. The van der Waals surface area contributed by atoms with Crippen LogP contribution in [-0.2, 0) is 6.42 Å². The van der Waals surface area contributed by atoms with E-state index in [1.807, 2.05) is 12.1 Å². The molecule has 0 aliphatic heterocycles. The molecule has 1 heteroatoms. The second-order valence-corrected chi connectivity index (χ2v) is 8.76. The Hall–Kier alpha value is -0.980. The van der Waals surface area contributed by atoms with Crippen molar-refractivity contribution in [2.45, 2.75) is 77.6 Å². The van der Waals surface area contributed by atoms with Gasteiger partial charge in [0.05, 0.1) is 0 Å². The van der Waals surface area contributed by atoms with E-state index in [4.69, 9.17) is 0 Å². The molecule has 1 nitrogen and oxygen atoms in total. The van der Waals surface area contributed by atoms with Crippen LogP contribution in [0.1, 0.15) is 82.3 Å². The Kier molecular flexibility index (Phi) is 3.94. The maximum absolute atomic E-state index is 9.79. The number of rotatable bonds is 3. The first-order valence-corrected chi connectivity index (χ1v) is 9.95. The zero-order chi connectivity index (χ0) is 16.0. The van der Waals surface area contributed by atoms with Crippen molar-refractivity contribution in [3.63, 3.8) is 0 Å². The first kappa shape index (κ1) is 15.5. The summed E-state index contributed by atoms with van der Waals surface area (Å²) < 4.78 is 0. The number of benzene rings is 1.